The van der Waals surface area contributed by atoms with E-state index >= 15 is 0 Å². The van der Waals surface area contributed by atoms with E-state index in [4.69, 9.17) is 9.47 Å². The Morgan fingerprint density at radius 1 is 1.19 bits per heavy atom. The highest BCUT2D eigenvalue weighted by atomic mass is 16.6. The van der Waals surface area contributed by atoms with Gasteiger partial charge in [0, 0.05) is 37.1 Å². The van der Waals surface area contributed by atoms with Crippen LogP contribution in [0.15, 0.2) is 36.4 Å². The van der Waals surface area contributed by atoms with Crippen molar-refractivity contribution in [3.05, 3.63) is 58.7 Å². The number of rotatable bonds is 6. The Bertz CT molecular complexity index is 1540. The molecule has 0 radical (unpaired) electrons. The third-order valence-electron chi connectivity index (χ3n) is 10.6. The number of phenols is 1. The van der Waals surface area contributed by atoms with Crippen LogP contribution >= 0.6 is 0 Å². The summed E-state index contributed by atoms with van der Waals surface area (Å²) in [5, 5.41) is 11.1. The van der Waals surface area contributed by atoms with Crippen molar-refractivity contribution < 1.29 is 24.2 Å². The van der Waals surface area contributed by atoms with Crippen molar-refractivity contribution in [2.75, 3.05) is 19.6 Å². The van der Waals surface area contributed by atoms with Crippen molar-refractivity contribution >= 4 is 11.9 Å². The summed E-state index contributed by atoms with van der Waals surface area (Å²) in [5.74, 6) is 7.07. The van der Waals surface area contributed by atoms with Crippen LogP contribution in [-0.2, 0) is 26.2 Å². The number of amides is 1. The van der Waals surface area contributed by atoms with Crippen LogP contribution in [0.3, 0.4) is 0 Å². The Hall–Kier alpha value is -3.50. The highest BCUT2D eigenvalue weighted by Crippen LogP contribution is 2.67. The smallest absolute Gasteiger partial charge is 0.303 e. The standard InChI is InChI=1S/C36H42N2O5/c1-22(2)20-38(31(41)13-10-25-7-5-6-23(3)18-25)28-14-15-36(43-24(4)39)30-19-27-11-12-29(40)33-32(27)35(36,34(28)42-33)16-17-37(30)21-26-8-9-26/h5-7,11-12,18,22,26,28,30,34,40H,8-9,14-17,19-21H2,1-4H3/t28-,30-,34+,35+,36-/m1/s1. The van der Waals surface area contributed by atoms with E-state index in [1.807, 2.05) is 42.2 Å². The van der Waals surface area contributed by atoms with Gasteiger partial charge < -0.3 is 19.5 Å². The molecule has 2 aromatic carbocycles. The number of aryl methyl sites for hydroxylation is 1. The summed E-state index contributed by atoms with van der Waals surface area (Å²) in [7, 11) is 0. The Balaban J connectivity index is 1.34. The molecule has 2 saturated carbocycles. The molecule has 0 unspecified atom stereocenters. The Labute approximate surface area is 254 Å². The van der Waals surface area contributed by atoms with Crippen molar-refractivity contribution in [3.8, 4) is 23.3 Å². The first-order chi connectivity index (χ1) is 20.6. The second-order valence-corrected chi connectivity index (χ2v) is 13.9. The van der Waals surface area contributed by atoms with Gasteiger partial charge in [0.1, 0.15) is 11.7 Å². The normalized spacial score (nSPS) is 30.1. The summed E-state index contributed by atoms with van der Waals surface area (Å²) in [5.41, 5.74) is 2.61. The lowest BCUT2D eigenvalue weighted by Gasteiger charge is -2.65. The van der Waals surface area contributed by atoms with Crippen LogP contribution in [0, 0.1) is 30.6 Å². The minimum atomic E-state index is -0.793. The van der Waals surface area contributed by atoms with Crippen LogP contribution in [0.2, 0.25) is 0 Å². The van der Waals surface area contributed by atoms with E-state index in [0.29, 0.717) is 31.1 Å². The molecule has 2 aromatic rings. The van der Waals surface area contributed by atoms with Crippen molar-refractivity contribution in [2.24, 2.45) is 11.8 Å². The SMILES string of the molecule is CC(=O)O[C@@]12CC[C@@H](N(CC(C)C)C(=O)C#Cc3cccc(C)c3)[C@@H]3Oc4c(O)ccc5c4[C@@]31CCN(CC1CC1)[C@@H]2C5. The van der Waals surface area contributed by atoms with Gasteiger partial charge in [-0.2, -0.15) is 0 Å². The van der Waals surface area contributed by atoms with E-state index in [1.54, 1.807) is 6.07 Å². The van der Waals surface area contributed by atoms with Gasteiger partial charge in [0.25, 0.3) is 5.91 Å². The van der Waals surface area contributed by atoms with Crippen LogP contribution in [0.5, 0.6) is 11.5 Å². The molecule has 2 aliphatic heterocycles. The molecule has 7 nitrogen and oxygen atoms in total. The number of phenolic OH excluding ortho intramolecular Hbond substituents is 1. The first-order valence-electron chi connectivity index (χ1n) is 16.0. The van der Waals surface area contributed by atoms with Crippen molar-refractivity contribution in [3.63, 3.8) is 0 Å². The largest absolute Gasteiger partial charge is 0.504 e. The summed E-state index contributed by atoms with van der Waals surface area (Å²) in [6.45, 7) is 10.2. The first kappa shape index (κ1) is 28.3. The van der Waals surface area contributed by atoms with Gasteiger partial charge in [0.15, 0.2) is 11.5 Å². The molecule has 43 heavy (non-hydrogen) atoms. The maximum atomic E-state index is 14.0. The van der Waals surface area contributed by atoms with Gasteiger partial charge in [-0.05, 0) is 93.2 Å². The molecule has 5 atom stereocenters. The summed E-state index contributed by atoms with van der Waals surface area (Å²) in [4.78, 5) is 31.4. The number of nitrogens with zero attached hydrogens (tertiary/aromatic N) is 2. The number of carbonyl (C=O) groups is 2. The molecular formula is C36H42N2O5. The number of hydrogen-bond donors (Lipinski definition) is 1. The van der Waals surface area contributed by atoms with Gasteiger partial charge in [-0.25, -0.2) is 0 Å². The summed E-state index contributed by atoms with van der Waals surface area (Å²) < 4.78 is 13.4. The number of ether oxygens (including phenoxy) is 2. The number of esters is 1. The lowest BCUT2D eigenvalue weighted by atomic mass is 9.48. The summed E-state index contributed by atoms with van der Waals surface area (Å²) in [6.07, 6.45) is 4.80. The van der Waals surface area contributed by atoms with Crippen LogP contribution < -0.4 is 4.74 Å². The van der Waals surface area contributed by atoms with Crippen LogP contribution in [0.4, 0.5) is 0 Å². The van der Waals surface area contributed by atoms with E-state index in [2.05, 4.69) is 30.6 Å². The number of likely N-dealkylation sites (tertiary alicyclic amines) is 1. The second kappa shape index (κ2) is 10.3. The number of aromatic hydroxyl groups is 1. The zero-order valence-electron chi connectivity index (χ0n) is 25.7. The fourth-order valence-electron chi connectivity index (χ4n) is 8.89. The third kappa shape index (κ3) is 4.44. The Morgan fingerprint density at radius 2 is 2.00 bits per heavy atom. The molecule has 7 rings (SSSR count). The Kier molecular flexibility index (Phi) is 6.77. The third-order valence-corrected chi connectivity index (χ3v) is 10.6. The lowest BCUT2D eigenvalue weighted by Crippen LogP contribution is -2.79. The first-order valence-corrected chi connectivity index (χ1v) is 16.0. The topological polar surface area (TPSA) is 79.3 Å². The molecule has 226 valence electrons. The van der Waals surface area contributed by atoms with Gasteiger partial charge in [-0.3, -0.25) is 14.5 Å². The molecule has 3 fully saturated rings. The van der Waals surface area contributed by atoms with E-state index in [-0.39, 0.29) is 35.6 Å². The molecule has 3 aliphatic carbocycles. The predicted molar refractivity (Wildman–Crippen MR) is 163 cm³/mol. The molecule has 1 N–H and O–H groups in total. The quantitative estimate of drug-likeness (QED) is 0.392. The van der Waals surface area contributed by atoms with E-state index in [1.165, 1.54) is 19.8 Å². The van der Waals surface area contributed by atoms with Gasteiger partial charge in [-0.1, -0.05) is 38.0 Å². The fraction of sp³-hybridized carbons (Fsp3) is 0.556. The molecule has 1 saturated heterocycles. The van der Waals surface area contributed by atoms with Crippen molar-refractivity contribution in [1.29, 1.82) is 0 Å². The average Bonchev–Trinajstić information content (AvgIpc) is 3.70. The molecule has 1 spiro atoms. The number of hydrogen-bond acceptors (Lipinski definition) is 6. The van der Waals surface area contributed by atoms with Crippen molar-refractivity contribution in [1.82, 2.24) is 9.80 Å². The van der Waals surface area contributed by atoms with E-state index < -0.39 is 17.1 Å². The fourth-order valence-corrected chi connectivity index (χ4v) is 8.89. The molecule has 0 aromatic heterocycles. The molecule has 1 amide bonds. The van der Waals surface area contributed by atoms with Crippen LogP contribution in [0.1, 0.15) is 75.1 Å². The highest BCUT2D eigenvalue weighted by molar-refractivity contribution is 5.94. The molecule has 5 aliphatic rings. The Morgan fingerprint density at radius 3 is 2.72 bits per heavy atom. The van der Waals surface area contributed by atoms with Crippen molar-refractivity contribution in [2.45, 2.75) is 95.4 Å². The van der Waals surface area contributed by atoms with Gasteiger partial charge >= 0.3 is 5.97 Å². The zero-order valence-corrected chi connectivity index (χ0v) is 25.7. The molecule has 2 bridgehead atoms. The van der Waals surface area contributed by atoms with E-state index in [9.17, 15) is 14.7 Å². The number of carbonyl (C=O) groups excluding carboxylic acids is 2. The number of piperidine rings is 1. The van der Waals surface area contributed by atoms with Gasteiger partial charge in [0.2, 0.25) is 0 Å². The monoisotopic (exact) mass is 582 g/mol. The average molecular weight is 583 g/mol. The zero-order chi connectivity index (χ0) is 30.1. The summed E-state index contributed by atoms with van der Waals surface area (Å²) in [6, 6.07) is 11.4. The minimum absolute atomic E-state index is 0.0242. The predicted octanol–water partition coefficient (Wildman–Crippen LogP) is 4.74. The maximum Gasteiger partial charge on any atom is 0.303 e. The minimum Gasteiger partial charge on any atom is -0.504 e. The van der Waals surface area contributed by atoms with Gasteiger partial charge in [0.05, 0.1) is 17.5 Å². The maximum absolute atomic E-state index is 14.0. The number of benzene rings is 2. The van der Waals surface area contributed by atoms with Gasteiger partial charge in [-0.15, -0.1) is 0 Å². The van der Waals surface area contributed by atoms with Crippen LogP contribution in [0.25, 0.3) is 0 Å². The molecule has 2 heterocycles. The highest BCUT2D eigenvalue weighted by Gasteiger charge is 2.75. The summed E-state index contributed by atoms with van der Waals surface area (Å²) >= 11 is 0. The second-order valence-electron chi connectivity index (χ2n) is 13.9. The lowest BCUT2D eigenvalue weighted by molar-refractivity contribution is -0.224. The van der Waals surface area contributed by atoms with E-state index in [0.717, 1.165) is 48.2 Å². The molecule has 7 heteroatoms. The van der Waals surface area contributed by atoms with Crippen LogP contribution in [-0.4, -0.2) is 70.2 Å². The molecular weight excluding hydrogens is 540 g/mol.